The third-order valence-electron chi connectivity index (χ3n) is 2.37. The standard InChI is InChI=1S/C13H21NO/c1-13(2,3)9-11(14)10-7-5-6-8-12(10)15-4/h5-8,11H,9,14H2,1-4H3/t11-/m1/s1. The number of hydrogen-bond donors (Lipinski definition) is 1. The van der Waals surface area contributed by atoms with Gasteiger partial charge in [-0.15, -0.1) is 0 Å². The molecule has 1 aromatic carbocycles. The highest BCUT2D eigenvalue weighted by atomic mass is 16.5. The van der Waals surface area contributed by atoms with Gasteiger partial charge in [-0.2, -0.15) is 0 Å². The molecule has 1 aromatic rings. The maximum atomic E-state index is 6.18. The third kappa shape index (κ3) is 3.56. The van der Waals surface area contributed by atoms with E-state index in [1.54, 1.807) is 7.11 Å². The Morgan fingerprint density at radius 1 is 1.27 bits per heavy atom. The number of rotatable bonds is 3. The topological polar surface area (TPSA) is 35.2 Å². The van der Waals surface area contributed by atoms with Crippen LogP contribution in [0.1, 0.15) is 38.8 Å². The largest absolute Gasteiger partial charge is 0.496 e. The average Bonchev–Trinajstić information content (AvgIpc) is 2.15. The summed E-state index contributed by atoms with van der Waals surface area (Å²) in [6.07, 6.45) is 0.952. The first-order valence-corrected chi connectivity index (χ1v) is 5.32. The van der Waals surface area contributed by atoms with Gasteiger partial charge >= 0.3 is 0 Å². The summed E-state index contributed by atoms with van der Waals surface area (Å²) >= 11 is 0. The van der Waals surface area contributed by atoms with Crippen LogP contribution in [-0.2, 0) is 0 Å². The van der Waals surface area contributed by atoms with Crippen molar-refractivity contribution in [3.05, 3.63) is 29.8 Å². The van der Waals surface area contributed by atoms with E-state index in [4.69, 9.17) is 10.5 Å². The minimum atomic E-state index is 0.0427. The summed E-state index contributed by atoms with van der Waals surface area (Å²) in [4.78, 5) is 0. The van der Waals surface area contributed by atoms with Crippen LogP contribution in [0.25, 0.3) is 0 Å². The van der Waals surface area contributed by atoms with Crippen molar-refractivity contribution in [3.8, 4) is 5.75 Å². The Kier molecular flexibility index (Phi) is 3.75. The predicted molar refractivity (Wildman–Crippen MR) is 64.0 cm³/mol. The lowest BCUT2D eigenvalue weighted by Gasteiger charge is -2.24. The van der Waals surface area contributed by atoms with Crippen molar-refractivity contribution in [1.82, 2.24) is 0 Å². The molecule has 0 spiro atoms. The minimum Gasteiger partial charge on any atom is -0.496 e. The van der Waals surface area contributed by atoms with Crippen LogP contribution in [0.2, 0.25) is 0 Å². The van der Waals surface area contributed by atoms with Gasteiger partial charge in [-0.3, -0.25) is 0 Å². The Morgan fingerprint density at radius 2 is 1.87 bits per heavy atom. The monoisotopic (exact) mass is 207 g/mol. The third-order valence-corrected chi connectivity index (χ3v) is 2.37. The van der Waals surface area contributed by atoms with Crippen LogP contribution >= 0.6 is 0 Å². The number of methoxy groups -OCH3 is 1. The molecular formula is C13H21NO. The SMILES string of the molecule is COc1ccccc1[C@H](N)CC(C)(C)C. The zero-order chi connectivity index (χ0) is 11.5. The first kappa shape index (κ1) is 12.1. The minimum absolute atomic E-state index is 0.0427. The molecule has 0 fully saturated rings. The van der Waals surface area contributed by atoms with Crippen molar-refractivity contribution < 1.29 is 4.74 Å². The Balaban J connectivity index is 2.86. The normalized spacial score (nSPS) is 13.7. The van der Waals surface area contributed by atoms with Gasteiger partial charge < -0.3 is 10.5 Å². The number of nitrogens with two attached hydrogens (primary N) is 1. The Hall–Kier alpha value is -1.02. The Morgan fingerprint density at radius 3 is 2.40 bits per heavy atom. The molecule has 84 valence electrons. The van der Waals surface area contributed by atoms with E-state index in [1.165, 1.54) is 0 Å². The molecule has 0 heterocycles. The molecule has 0 aromatic heterocycles. The molecule has 0 unspecified atom stereocenters. The van der Waals surface area contributed by atoms with Crippen molar-refractivity contribution in [2.75, 3.05) is 7.11 Å². The van der Waals surface area contributed by atoms with E-state index in [0.29, 0.717) is 0 Å². The van der Waals surface area contributed by atoms with Crippen LogP contribution in [0.4, 0.5) is 0 Å². The van der Waals surface area contributed by atoms with E-state index in [2.05, 4.69) is 20.8 Å². The van der Waals surface area contributed by atoms with E-state index >= 15 is 0 Å². The fourth-order valence-electron chi connectivity index (χ4n) is 1.74. The highest BCUT2D eigenvalue weighted by Gasteiger charge is 2.19. The van der Waals surface area contributed by atoms with E-state index in [1.807, 2.05) is 24.3 Å². The predicted octanol–water partition coefficient (Wildman–Crippen LogP) is 3.13. The lowest BCUT2D eigenvalue weighted by atomic mass is 9.85. The van der Waals surface area contributed by atoms with Crippen LogP contribution in [0, 0.1) is 5.41 Å². The van der Waals surface area contributed by atoms with Gasteiger partial charge in [0, 0.05) is 11.6 Å². The van der Waals surface area contributed by atoms with E-state index in [0.717, 1.165) is 17.7 Å². The average molecular weight is 207 g/mol. The van der Waals surface area contributed by atoms with Crippen LogP contribution in [0.3, 0.4) is 0 Å². The van der Waals surface area contributed by atoms with Crippen LogP contribution < -0.4 is 10.5 Å². The van der Waals surface area contributed by atoms with E-state index < -0.39 is 0 Å². The van der Waals surface area contributed by atoms with Crippen molar-refractivity contribution in [2.45, 2.75) is 33.2 Å². The molecule has 0 amide bonds. The second kappa shape index (κ2) is 4.67. The molecule has 1 atom stereocenters. The summed E-state index contributed by atoms with van der Waals surface area (Å²) in [7, 11) is 1.68. The van der Waals surface area contributed by atoms with Gasteiger partial charge in [0.15, 0.2) is 0 Å². The Labute approximate surface area is 92.4 Å². The van der Waals surface area contributed by atoms with Gasteiger partial charge in [0.2, 0.25) is 0 Å². The van der Waals surface area contributed by atoms with Crippen LogP contribution in [0.5, 0.6) is 5.75 Å². The molecule has 2 heteroatoms. The first-order chi connectivity index (χ1) is 6.94. The molecule has 0 aliphatic heterocycles. The molecule has 0 radical (unpaired) electrons. The second-order valence-corrected chi connectivity index (χ2v) is 5.11. The highest BCUT2D eigenvalue weighted by Crippen LogP contribution is 2.31. The molecule has 2 nitrogen and oxygen atoms in total. The maximum Gasteiger partial charge on any atom is 0.123 e. The molecule has 0 aliphatic rings. The van der Waals surface area contributed by atoms with Crippen molar-refractivity contribution in [2.24, 2.45) is 11.1 Å². The number of ether oxygens (including phenoxy) is 1. The zero-order valence-corrected chi connectivity index (χ0v) is 10.1. The lowest BCUT2D eigenvalue weighted by molar-refractivity contribution is 0.334. The van der Waals surface area contributed by atoms with Crippen molar-refractivity contribution >= 4 is 0 Å². The summed E-state index contributed by atoms with van der Waals surface area (Å²) in [6, 6.07) is 8.00. The summed E-state index contributed by atoms with van der Waals surface area (Å²) < 4.78 is 5.30. The van der Waals surface area contributed by atoms with Gasteiger partial charge in [0.25, 0.3) is 0 Å². The molecule has 0 bridgehead atoms. The number of para-hydroxylation sites is 1. The second-order valence-electron chi connectivity index (χ2n) is 5.11. The van der Waals surface area contributed by atoms with E-state index in [9.17, 15) is 0 Å². The zero-order valence-electron chi connectivity index (χ0n) is 10.1. The molecule has 1 rings (SSSR count). The van der Waals surface area contributed by atoms with Gasteiger partial charge in [-0.05, 0) is 17.9 Å². The van der Waals surface area contributed by atoms with Gasteiger partial charge in [0.1, 0.15) is 5.75 Å². The van der Waals surface area contributed by atoms with Crippen LogP contribution in [0.15, 0.2) is 24.3 Å². The smallest absolute Gasteiger partial charge is 0.123 e. The highest BCUT2D eigenvalue weighted by molar-refractivity contribution is 5.35. The van der Waals surface area contributed by atoms with Gasteiger partial charge in [0.05, 0.1) is 7.11 Å². The molecule has 0 aliphatic carbocycles. The fourth-order valence-corrected chi connectivity index (χ4v) is 1.74. The quantitative estimate of drug-likeness (QED) is 0.826. The lowest BCUT2D eigenvalue weighted by Crippen LogP contribution is -2.19. The summed E-state index contributed by atoms with van der Waals surface area (Å²) in [5.41, 5.74) is 7.51. The van der Waals surface area contributed by atoms with E-state index in [-0.39, 0.29) is 11.5 Å². The van der Waals surface area contributed by atoms with Crippen molar-refractivity contribution in [1.29, 1.82) is 0 Å². The van der Waals surface area contributed by atoms with Crippen molar-refractivity contribution in [3.63, 3.8) is 0 Å². The summed E-state index contributed by atoms with van der Waals surface area (Å²) in [5.74, 6) is 0.884. The number of hydrogen-bond acceptors (Lipinski definition) is 2. The van der Waals surface area contributed by atoms with Gasteiger partial charge in [-0.25, -0.2) is 0 Å². The number of benzene rings is 1. The molecule has 15 heavy (non-hydrogen) atoms. The Bertz CT molecular complexity index is 315. The molecule has 2 N–H and O–H groups in total. The molecular weight excluding hydrogens is 186 g/mol. The maximum absolute atomic E-state index is 6.18. The molecule has 0 saturated heterocycles. The summed E-state index contributed by atoms with van der Waals surface area (Å²) in [5, 5.41) is 0. The molecule has 0 saturated carbocycles. The van der Waals surface area contributed by atoms with Crippen LogP contribution in [-0.4, -0.2) is 7.11 Å². The summed E-state index contributed by atoms with van der Waals surface area (Å²) in [6.45, 7) is 6.59. The first-order valence-electron chi connectivity index (χ1n) is 5.32. The van der Waals surface area contributed by atoms with Gasteiger partial charge in [-0.1, -0.05) is 39.0 Å². The fraction of sp³-hybridized carbons (Fsp3) is 0.538.